The van der Waals surface area contributed by atoms with Crippen molar-refractivity contribution in [2.45, 2.75) is 13.3 Å². The van der Waals surface area contributed by atoms with Crippen LogP contribution in [-0.2, 0) is 14.6 Å². The molecule has 1 heterocycles. The second-order valence-electron chi connectivity index (χ2n) is 4.60. The Morgan fingerprint density at radius 1 is 1.35 bits per heavy atom. The third-order valence-corrected chi connectivity index (χ3v) is 5.51. The predicted molar refractivity (Wildman–Crippen MR) is 86.0 cm³/mol. The minimum Gasteiger partial charge on any atom is -0.482 e. The maximum Gasteiger partial charge on any atom is 0.265 e. The van der Waals surface area contributed by atoms with Gasteiger partial charge in [0.2, 0.25) is 0 Å². The van der Waals surface area contributed by atoms with Crippen molar-refractivity contribution in [3.05, 3.63) is 21.8 Å². The summed E-state index contributed by atoms with van der Waals surface area (Å²) in [4.78, 5) is 13.4. The topological polar surface area (TPSA) is 63.7 Å². The molecule has 1 aromatic carbocycles. The Labute approximate surface area is 132 Å². The molecule has 0 aromatic heterocycles. The van der Waals surface area contributed by atoms with Gasteiger partial charge in [0, 0.05) is 15.9 Å². The van der Waals surface area contributed by atoms with Gasteiger partial charge in [-0.15, -0.1) is 0 Å². The fourth-order valence-electron chi connectivity index (χ4n) is 2.07. The molecule has 0 radical (unpaired) electrons. The number of rotatable bonds is 5. The Hall–Kier alpha value is -0.830. The molecule has 0 bridgehead atoms. The largest absolute Gasteiger partial charge is 0.482 e. The number of hydrogen-bond acceptors (Lipinski definition) is 4. The molecule has 2 rings (SSSR count). The van der Waals surface area contributed by atoms with Crippen molar-refractivity contribution in [1.29, 1.82) is 0 Å². The highest BCUT2D eigenvalue weighted by Gasteiger charge is 2.26. The van der Waals surface area contributed by atoms with Gasteiger partial charge in [0.15, 0.2) is 16.4 Å². The number of nitrogens with zero attached hydrogens (tertiary/aromatic N) is 1. The van der Waals surface area contributed by atoms with Crippen LogP contribution in [0.3, 0.4) is 0 Å². The van der Waals surface area contributed by atoms with E-state index in [9.17, 15) is 13.2 Å². The summed E-state index contributed by atoms with van der Waals surface area (Å²) in [6.07, 6.45) is 0.591. The first-order chi connectivity index (χ1) is 9.43. The minimum atomic E-state index is -3.10. The van der Waals surface area contributed by atoms with Gasteiger partial charge >= 0.3 is 0 Å². The van der Waals surface area contributed by atoms with Crippen LogP contribution in [0.2, 0.25) is 0 Å². The quantitative estimate of drug-likeness (QED) is 0.697. The highest BCUT2D eigenvalue weighted by atomic mass is 127. The first kappa shape index (κ1) is 15.6. The molecule has 0 aliphatic carbocycles. The molecule has 0 atom stereocenters. The lowest BCUT2D eigenvalue weighted by atomic mass is 10.2. The third kappa shape index (κ3) is 3.63. The molecule has 0 unspecified atom stereocenters. The lowest BCUT2D eigenvalue weighted by molar-refractivity contribution is -0.121. The number of carbonyl (C=O) groups excluding carboxylic acids is 1. The van der Waals surface area contributed by atoms with Crippen molar-refractivity contribution in [1.82, 2.24) is 0 Å². The molecule has 0 saturated carbocycles. The van der Waals surface area contributed by atoms with Crippen molar-refractivity contribution in [3.63, 3.8) is 0 Å². The Kier molecular flexibility index (Phi) is 4.90. The lowest BCUT2D eigenvalue weighted by Gasteiger charge is -2.29. The second kappa shape index (κ2) is 6.30. The summed E-state index contributed by atoms with van der Waals surface area (Å²) in [5, 5.41) is 0. The molecule has 110 valence electrons. The first-order valence-electron chi connectivity index (χ1n) is 6.36. The molecule has 1 aliphatic heterocycles. The fourth-order valence-corrected chi connectivity index (χ4v) is 3.82. The number of fused-ring (bicyclic) bond motifs is 1. The van der Waals surface area contributed by atoms with Crippen molar-refractivity contribution >= 4 is 44.0 Å². The Balaban J connectivity index is 2.18. The van der Waals surface area contributed by atoms with Crippen LogP contribution >= 0.6 is 22.6 Å². The summed E-state index contributed by atoms with van der Waals surface area (Å²) in [5.41, 5.74) is 0.647. The SMILES string of the molecule is CCCS(=O)(=O)CCN1C(=O)COc2cc(I)ccc21. The number of benzene rings is 1. The molecule has 0 N–H and O–H groups in total. The molecular weight excluding hydrogens is 393 g/mol. The summed E-state index contributed by atoms with van der Waals surface area (Å²) < 4.78 is 29.9. The van der Waals surface area contributed by atoms with Crippen molar-refractivity contribution < 1.29 is 17.9 Å². The van der Waals surface area contributed by atoms with E-state index < -0.39 is 9.84 Å². The number of hydrogen-bond donors (Lipinski definition) is 0. The van der Waals surface area contributed by atoms with Gasteiger partial charge in [-0.25, -0.2) is 8.42 Å². The predicted octanol–water partition coefficient (Wildman–Crippen LogP) is 1.84. The molecule has 20 heavy (non-hydrogen) atoms. The van der Waals surface area contributed by atoms with E-state index in [0.717, 1.165) is 3.57 Å². The van der Waals surface area contributed by atoms with E-state index in [1.165, 1.54) is 4.90 Å². The van der Waals surface area contributed by atoms with Crippen LogP contribution in [0.1, 0.15) is 13.3 Å². The zero-order valence-corrected chi connectivity index (χ0v) is 14.1. The van der Waals surface area contributed by atoms with Gasteiger partial charge in [-0.1, -0.05) is 6.92 Å². The number of ether oxygens (including phenoxy) is 1. The van der Waals surface area contributed by atoms with E-state index >= 15 is 0 Å². The molecule has 1 amide bonds. The van der Waals surface area contributed by atoms with E-state index in [-0.39, 0.29) is 30.6 Å². The molecule has 5 nitrogen and oxygen atoms in total. The number of halogens is 1. The highest BCUT2D eigenvalue weighted by Crippen LogP contribution is 2.33. The van der Waals surface area contributed by atoms with E-state index in [1.807, 2.05) is 19.1 Å². The van der Waals surface area contributed by atoms with Crippen LogP contribution < -0.4 is 9.64 Å². The fraction of sp³-hybridized carbons (Fsp3) is 0.462. The smallest absolute Gasteiger partial charge is 0.265 e. The van der Waals surface area contributed by atoms with Crippen molar-refractivity contribution in [2.75, 3.05) is 29.6 Å². The minimum absolute atomic E-state index is 0.0159. The van der Waals surface area contributed by atoms with Crippen LogP contribution in [-0.4, -0.2) is 39.0 Å². The number of anilines is 1. The first-order valence-corrected chi connectivity index (χ1v) is 9.26. The normalized spacial score (nSPS) is 14.9. The molecule has 1 aliphatic rings. The molecule has 1 aromatic rings. The van der Waals surface area contributed by atoms with Crippen LogP contribution in [0.25, 0.3) is 0 Å². The van der Waals surface area contributed by atoms with Crippen molar-refractivity contribution in [2.24, 2.45) is 0 Å². The average molecular weight is 409 g/mol. The van der Waals surface area contributed by atoms with E-state index in [4.69, 9.17) is 4.74 Å². The Bertz CT molecular complexity index is 615. The number of sulfone groups is 1. The molecule has 0 fully saturated rings. The van der Waals surface area contributed by atoms with Gasteiger partial charge in [-0.2, -0.15) is 0 Å². The highest BCUT2D eigenvalue weighted by molar-refractivity contribution is 14.1. The summed E-state index contributed by atoms with van der Waals surface area (Å²) in [6, 6.07) is 5.51. The Morgan fingerprint density at radius 3 is 2.80 bits per heavy atom. The maximum atomic E-state index is 11.9. The maximum absolute atomic E-state index is 11.9. The number of amides is 1. The van der Waals surface area contributed by atoms with Gasteiger partial charge in [-0.3, -0.25) is 4.79 Å². The third-order valence-electron chi connectivity index (χ3n) is 3.01. The second-order valence-corrected chi connectivity index (χ2v) is 8.15. The van der Waals surface area contributed by atoms with Crippen LogP contribution in [0.5, 0.6) is 5.75 Å². The average Bonchev–Trinajstić information content (AvgIpc) is 2.37. The summed E-state index contributed by atoms with van der Waals surface area (Å²) in [7, 11) is -3.10. The summed E-state index contributed by atoms with van der Waals surface area (Å²) in [6.45, 7) is 1.97. The van der Waals surface area contributed by atoms with E-state index in [0.29, 0.717) is 17.9 Å². The molecule has 7 heteroatoms. The Morgan fingerprint density at radius 2 is 2.10 bits per heavy atom. The van der Waals surface area contributed by atoms with Gasteiger partial charge in [0.25, 0.3) is 5.91 Å². The zero-order valence-electron chi connectivity index (χ0n) is 11.1. The molecule has 0 saturated heterocycles. The van der Waals surface area contributed by atoms with E-state index in [2.05, 4.69) is 22.6 Å². The summed E-state index contributed by atoms with van der Waals surface area (Å²) >= 11 is 2.16. The summed E-state index contributed by atoms with van der Waals surface area (Å²) in [5.74, 6) is 0.568. The van der Waals surface area contributed by atoms with Gasteiger partial charge in [0.1, 0.15) is 5.75 Å². The van der Waals surface area contributed by atoms with Gasteiger partial charge in [0.05, 0.1) is 11.4 Å². The van der Waals surface area contributed by atoms with Crippen LogP contribution in [0.4, 0.5) is 5.69 Å². The van der Waals surface area contributed by atoms with E-state index in [1.54, 1.807) is 6.07 Å². The van der Waals surface area contributed by atoms with Crippen LogP contribution in [0.15, 0.2) is 18.2 Å². The molecular formula is C13H16INO4S. The monoisotopic (exact) mass is 409 g/mol. The van der Waals surface area contributed by atoms with Gasteiger partial charge < -0.3 is 9.64 Å². The van der Waals surface area contributed by atoms with Crippen LogP contribution in [0, 0.1) is 3.57 Å². The zero-order chi connectivity index (χ0) is 14.8. The van der Waals surface area contributed by atoms with Crippen molar-refractivity contribution in [3.8, 4) is 5.75 Å². The molecule has 0 spiro atoms. The lowest BCUT2D eigenvalue weighted by Crippen LogP contribution is -2.41. The number of carbonyl (C=O) groups is 1. The standard InChI is InChI=1S/C13H16INO4S/c1-2-6-20(17,18)7-5-15-11-4-3-10(14)8-12(11)19-9-13(15)16/h3-4,8H,2,5-7,9H2,1H3. The van der Waals surface area contributed by atoms with Gasteiger partial charge in [-0.05, 0) is 47.2 Å².